The highest BCUT2D eigenvalue weighted by atomic mass is 16.5. The van der Waals surface area contributed by atoms with Crippen molar-refractivity contribution in [2.24, 2.45) is 0 Å². The molecule has 2 saturated heterocycles. The minimum absolute atomic E-state index is 0.0288. The monoisotopic (exact) mass is 403 g/mol. The molecule has 1 aromatic carbocycles. The summed E-state index contributed by atoms with van der Waals surface area (Å²) < 4.78 is 11.4. The number of nitrogens with zero attached hydrogens (tertiary/aromatic N) is 2. The van der Waals surface area contributed by atoms with Gasteiger partial charge in [0, 0.05) is 39.8 Å². The van der Waals surface area contributed by atoms with Crippen molar-refractivity contribution in [3.8, 4) is 11.5 Å². The Morgan fingerprint density at radius 3 is 2.79 bits per heavy atom. The van der Waals surface area contributed by atoms with E-state index in [2.05, 4.69) is 10.2 Å². The summed E-state index contributed by atoms with van der Waals surface area (Å²) in [5.41, 5.74) is 0.739. The number of hydrogen-bond acceptors (Lipinski definition) is 7. The van der Waals surface area contributed by atoms with Crippen LogP contribution >= 0.6 is 0 Å². The summed E-state index contributed by atoms with van der Waals surface area (Å²) in [5.74, 6) is -0.578. The van der Waals surface area contributed by atoms with E-state index < -0.39 is 13.1 Å². The first kappa shape index (κ1) is 20.0. The summed E-state index contributed by atoms with van der Waals surface area (Å²) in [4.78, 5) is 27.8. The molecule has 29 heavy (non-hydrogen) atoms. The molecular formula is C19H26BN3O6. The SMILES string of the molecule is CN(C)C(=O)[C@H]1C[C@@H](N2CC(Oc3ccc4c(c3C(=O)O)OB(O)CC4)C2)CN1. The van der Waals surface area contributed by atoms with Gasteiger partial charge in [-0.1, -0.05) is 6.07 Å². The van der Waals surface area contributed by atoms with Gasteiger partial charge in [-0.3, -0.25) is 9.69 Å². The van der Waals surface area contributed by atoms with Crippen LogP contribution in [0, 0.1) is 0 Å². The van der Waals surface area contributed by atoms with Crippen LogP contribution < -0.4 is 14.7 Å². The van der Waals surface area contributed by atoms with Gasteiger partial charge in [0.2, 0.25) is 5.91 Å². The molecule has 2 fully saturated rings. The predicted molar refractivity (Wildman–Crippen MR) is 105 cm³/mol. The lowest BCUT2D eigenvalue weighted by atomic mass is 9.78. The lowest BCUT2D eigenvalue weighted by Crippen LogP contribution is -2.58. The van der Waals surface area contributed by atoms with Crippen molar-refractivity contribution in [2.75, 3.05) is 33.7 Å². The number of likely N-dealkylation sites (tertiary alicyclic amines) is 1. The zero-order valence-corrected chi connectivity index (χ0v) is 16.6. The lowest BCUT2D eigenvalue weighted by Gasteiger charge is -2.42. The molecule has 0 unspecified atom stereocenters. The summed E-state index contributed by atoms with van der Waals surface area (Å²) in [5, 5.41) is 22.7. The molecule has 9 nitrogen and oxygen atoms in total. The van der Waals surface area contributed by atoms with Crippen LogP contribution in [-0.2, 0) is 11.2 Å². The van der Waals surface area contributed by atoms with Crippen LogP contribution in [0.2, 0.25) is 6.32 Å². The molecule has 10 heteroatoms. The molecule has 3 aliphatic heterocycles. The van der Waals surface area contributed by atoms with Gasteiger partial charge in [0.25, 0.3) is 0 Å². The maximum atomic E-state index is 12.1. The molecule has 3 N–H and O–H groups in total. The molecule has 3 heterocycles. The van der Waals surface area contributed by atoms with E-state index in [1.54, 1.807) is 31.1 Å². The number of carbonyl (C=O) groups is 2. The van der Waals surface area contributed by atoms with Crippen LogP contribution in [-0.4, -0.2) is 90.8 Å². The van der Waals surface area contributed by atoms with E-state index in [0.717, 1.165) is 18.5 Å². The molecular weight excluding hydrogens is 377 g/mol. The van der Waals surface area contributed by atoms with E-state index >= 15 is 0 Å². The fourth-order valence-electron chi connectivity index (χ4n) is 4.23. The molecule has 0 spiro atoms. The van der Waals surface area contributed by atoms with Gasteiger partial charge in [0.05, 0.1) is 6.04 Å². The maximum Gasteiger partial charge on any atom is 0.522 e. The van der Waals surface area contributed by atoms with Crippen molar-refractivity contribution in [1.82, 2.24) is 15.1 Å². The average molecular weight is 403 g/mol. The Bertz CT molecular complexity index is 813. The van der Waals surface area contributed by atoms with Gasteiger partial charge in [0.15, 0.2) is 0 Å². The summed E-state index contributed by atoms with van der Waals surface area (Å²) in [6.07, 6.45) is 1.64. The van der Waals surface area contributed by atoms with Gasteiger partial charge in [-0.15, -0.1) is 0 Å². The number of likely N-dealkylation sites (N-methyl/N-ethyl adjacent to an activating group) is 1. The summed E-state index contributed by atoms with van der Waals surface area (Å²) in [6.45, 7) is 2.10. The zero-order chi connectivity index (χ0) is 20.7. The molecule has 0 radical (unpaired) electrons. The van der Waals surface area contributed by atoms with Gasteiger partial charge in [-0.05, 0) is 30.8 Å². The Kier molecular flexibility index (Phi) is 5.41. The van der Waals surface area contributed by atoms with E-state index in [1.165, 1.54) is 0 Å². The third-order valence-electron chi connectivity index (χ3n) is 5.86. The van der Waals surface area contributed by atoms with Gasteiger partial charge in [-0.2, -0.15) is 0 Å². The Balaban J connectivity index is 1.38. The van der Waals surface area contributed by atoms with E-state index in [4.69, 9.17) is 9.39 Å². The number of carboxylic acid groups (broad SMARTS) is 1. The molecule has 2 atom stereocenters. The molecule has 156 valence electrons. The van der Waals surface area contributed by atoms with Crippen LogP contribution in [0.15, 0.2) is 12.1 Å². The smallest absolute Gasteiger partial charge is 0.522 e. The topological polar surface area (TPSA) is 112 Å². The van der Waals surface area contributed by atoms with Crippen LogP contribution in [0.4, 0.5) is 0 Å². The molecule has 3 aliphatic rings. The highest BCUT2D eigenvalue weighted by molar-refractivity contribution is 6.44. The number of fused-ring (bicyclic) bond motifs is 1. The molecule has 0 bridgehead atoms. The van der Waals surface area contributed by atoms with Crippen molar-refractivity contribution in [3.63, 3.8) is 0 Å². The van der Waals surface area contributed by atoms with Crippen LogP contribution in [0.5, 0.6) is 11.5 Å². The highest BCUT2D eigenvalue weighted by Gasteiger charge is 2.40. The molecule has 1 amide bonds. The Morgan fingerprint density at radius 2 is 2.10 bits per heavy atom. The highest BCUT2D eigenvalue weighted by Crippen LogP contribution is 2.37. The number of hydrogen-bond donors (Lipinski definition) is 3. The number of nitrogens with one attached hydrogen (secondary N) is 1. The third kappa shape index (κ3) is 3.92. The van der Waals surface area contributed by atoms with Crippen LogP contribution in [0.25, 0.3) is 0 Å². The van der Waals surface area contributed by atoms with Crippen molar-refractivity contribution in [3.05, 3.63) is 23.3 Å². The average Bonchev–Trinajstić information content (AvgIpc) is 3.12. The Morgan fingerprint density at radius 1 is 1.34 bits per heavy atom. The molecule has 1 aromatic rings. The summed E-state index contributed by atoms with van der Waals surface area (Å²) in [6, 6.07) is 3.59. The first-order valence-corrected chi connectivity index (χ1v) is 9.92. The van der Waals surface area contributed by atoms with Gasteiger partial charge in [-0.25, -0.2) is 4.79 Å². The zero-order valence-electron chi connectivity index (χ0n) is 16.6. The van der Waals surface area contributed by atoms with E-state index in [-0.39, 0.29) is 41.2 Å². The predicted octanol–water partition coefficient (Wildman–Crippen LogP) is -0.318. The molecule has 0 saturated carbocycles. The van der Waals surface area contributed by atoms with Crippen molar-refractivity contribution < 1.29 is 29.1 Å². The lowest BCUT2D eigenvalue weighted by molar-refractivity contribution is -0.130. The number of rotatable bonds is 5. The Labute approximate surface area is 169 Å². The minimum Gasteiger partial charge on any atom is -0.535 e. The standard InChI is InChI=1S/C19H26BN3O6/c1-22(2)18(24)14-7-12(8-21-14)23-9-13(10-23)28-15-4-3-11-5-6-20(27)29-17(11)16(15)19(25)26/h3-4,12-14,21,27H,5-10H2,1-2H3,(H,25,26)/t12-,14-/m1/s1. The fraction of sp³-hybridized carbons (Fsp3) is 0.579. The normalized spacial score (nSPS) is 24.4. The van der Waals surface area contributed by atoms with Gasteiger partial charge >= 0.3 is 13.1 Å². The number of aromatic carboxylic acids is 1. The number of ether oxygens (including phenoxy) is 1. The maximum absolute atomic E-state index is 12.1. The van der Waals surface area contributed by atoms with Crippen molar-refractivity contribution in [2.45, 2.75) is 37.3 Å². The largest absolute Gasteiger partial charge is 0.535 e. The quantitative estimate of drug-likeness (QED) is 0.574. The minimum atomic E-state index is -1.13. The molecule has 4 rings (SSSR count). The number of amides is 1. The van der Waals surface area contributed by atoms with Gasteiger partial charge < -0.3 is 29.7 Å². The first-order valence-electron chi connectivity index (χ1n) is 9.92. The number of aryl methyl sites for hydroxylation is 1. The van der Waals surface area contributed by atoms with Crippen molar-refractivity contribution >= 4 is 19.0 Å². The molecule has 0 aromatic heterocycles. The number of carbonyl (C=O) groups excluding carboxylic acids is 1. The first-order chi connectivity index (χ1) is 13.8. The van der Waals surface area contributed by atoms with Crippen LogP contribution in [0.3, 0.4) is 0 Å². The second kappa shape index (κ2) is 7.85. The second-order valence-electron chi connectivity index (χ2n) is 8.12. The van der Waals surface area contributed by atoms with E-state index in [1.807, 2.05) is 0 Å². The molecule has 0 aliphatic carbocycles. The van der Waals surface area contributed by atoms with E-state index in [9.17, 15) is 19.7 Å². The Hall–Kier alpha value is -2.30. The van der Waals surface area contributed by atoms with E-state index in [0.29, 0.717) is 25.8 Å². The summed E-state index contributed by atoms with van der Waals surface area (Å²) in [7, 11) is 2.51. The van der Waals surface area contributed by atoms with Crippen LogP contribution in [0.1, 0.15) is 22.3 Å². The second-order valence-corrected chi connectivity index (χ2v) is 8.12. The third-order valence-corrected chi connectivity index (χ3v) is 5.86. The summed E-state index contributed by atoms with van der Waals surface area (Å²) >= 11 is 0. The number of benzene rings is 1. The number of carboxylic acids is 1. The fourth-order valence-corrected chi connectivity index (χ4v) is 4.23. The van der Waals surface area contributed by atoms with Gasteiger partial charge in [0.1, 0.15) is 23.2 Å². The van der Waals surface area contributed by atoms with Crippen molar-refractivity contribution in [1.29, 1.82) is 0 Å².